The number of benzene rings is 1. The van der Waals surface area contributed by atoms with E-state index in [1.54, 1.807) is 25.4 Å². The number of hydrogen-bond acceptors (Lipinski definition) is 9. The standard InChI is InChI=1S/C24H25N5O4S/c1-16-6-7-20(33-16)23-27-19(24-26-9-11-34-24)13-21(29-23)28-22(30)15-32-18-5-3-4-17(12-18)14-25-8-10-31-2/h3-7,9,11-13,25H,8,10,14-15H2,1-2H3,(H,27,28,29,30). The number of aryl methyl sites for hydroxylation is 1. The van der Waals surface area contributed by atoms with Gasteiger partial charge >= 0.3 is 0 Å². The van der Waals surface area contributed by atoms with Gasteiger partial charge in [0.15, 0.2) is 18.2 Å². The molecule has 1 aromatic carbocycles. The summed E-state index contributed by atoms with van der Waals surface area (Å²) in [6, 6.07) is 12.9. The minimum atomic E-state index is -0.339. The third kappa shape index (κ3) is 6.47. The van der Waals surface area contributed by atoms with Crippen molar-refractivity contribution in [3.05, 3.63) is 65.4 Å². The van der Waals surface area contributed by atoms with Crippen LogP contribution in [-0.4, -0.2) is 47.7 Å². The van der Waals surface area contributed by atoms with E-state index in [2.05, 4.69) is 25.6 Å². The Labute approximate surface area is 201 Å². The molecule has 3 heterocycles. The van der Waals surface area contributed by atoms with Crippen molar-refractivity contribution in [2.24, 2.45) is 0 Å². The first-order chi connectivity index (χ1) is 16.6. The highest BCUT2D eigenvalue weighted by atomic mass is 32.1. The van der Waals surface area contributed by atoms with E-state index in [9.17, 15) is 4.79 Å². The number of anilines is 1. The average molecular weight is 480 g/mol. The Kier molecular flexibility index (Phi) is 7.97. The van der Waals surface area contributed by atoms with Crippen LogP contribution in [0.2, 0.25) is 0 Å². The Morgan fingerprint density at radius 3 is 2.85 bits per heavy atom. The first-order valence-electron chi connectivity index (χ1n) is 10.7. The van der Waals surface area contributed by atoms with Gasteiger partial charge in [-0.15, -0.1) is 11.3 Å². The second kappa shape index (κ2) is 11.5. The minimum absolute atomic E-state index is 0.160. The number of rotatable bonds is 11. The summed E-state index contributed by atoms with van der Waals surface area (Å²) in [4.78, 5) is 25.9. The number of furan rings is 1. The van der Waals surface area contributed by atoms with Gasteiger partial charge in [-0.2, -0.15) is 0 Å². The van der Waals surface area contributed by atoms with Crippen LogP contribution in [0.4, 0.5) is 5.82 Å². The first kappa shape index (κ1) is 23.6. The fourth-order valence-electron chi connectivity index (χ4n) is 3.12. The lowest BCUT2D eigenvalue weighted by Crippen LogP contribution is -2.21. The molecular weight excluding hydrogens is 454 g/mol. The molecule has 0 saturated heterocycles. The first-order valence-corrected chi connectivity index (χ1v) is 11.6. The van der Waals surface area contributed by atoms with Crippen LogP contribution in [-0.2, 0) is 16.1 Å². The number of methoxy groups -OCH3 is 1. The van der Waals surface area contributed by atoms with Gasteiger partial charge < -0.3 is 24.5 Å². The zero-order valence-electron chi connectivity index (χ0n) is 18.9. The molecular formula is C24H25N5O4S. The lowest BCUT2D eigenvalue weighted by atomic mass is 10.2. The van der Waals surface area contributed by atoms with Crippen molar-refractivity contribution in [3.63, 3.8) is 0 Å². The topological polar surface area (TPSA) is 111 Å². The van der Waals surface area contributed by atoms with Gasteiger partial charge in [0.25, 0.3) is 5.91 Å². The highest BCUT2D eigenvalue weighted by molar-refractivity contribution is 7.13. The van der Waals surface area contributed by atoms with E-state index in [4.69, 9.17) is 13.9 Å². The SMILES string of the molecule is COCCNCc1cccc(OCC(=O)Nc2cc(-c3nccs3)nc(-c3ccc(C)o3)n2)c1. The molecule has 0 unspecified atom stereocenters. The molecule has 4 aromatic rings. The van der Waals surface area contributed by atoms with Gasteiger partial charge in [0, 0.05) is 37.8 Å². The molecule has 176 valence electrons. The Morgan fingerprint density at radius 1 is 1.18 bits per heavy atom. The Hall–Kier alpha value is -3.60. The van der Waals surface area contributed by atoms with E-state index in [1.165, 1.54) is 11.3 Å². The van der Waals surface area contributed by atoms with Crippen LogP contribution in [0.5, 0.6) is 5.75 Å². The second-order valence-corrected chi connectivity index (χ2v) is 8.26. The number of carbonyl (C=O) groups excluding carboxylic acids is 1. The minimum Gasteiger partial charge on any atom is -0.484 e. The number of nitrogens with zero attached hydrogens (tertiary/aromatic N) is 3. The number of ether oxygens (including phenoxy) is 2. The number of thiazole rings is 1. The summed E-state index contributed by atoms with van der Waals surface area (Å²) in [7, 11) is 1.67. The largest absolute Gasteiger partial charge is 0.484 e. The van der Waals surface area contributed by atoms with E-state index < -0.39 is 0 Å². The maximum absolute atomic E-state index is 12.6. The second-order valence-electron chi connectivity index (χ2n) is 7.36. The molecule has 0 bridgehead atoms. The van der Waals surface area contributed by atoms with Crippen LogP contribution in [0.15, 0.2) is 58.5 Å². The Morgan fingerprint density at radius 2 is 2.09 bits per heavy atom. The molecule has 10 heteroatoms. The summed E-state index contributed by atoms with van der Waals surface area (Å²) in [5.74, 6) is 2.24. The van der Waals surface area contributed by atoms with Crippen molar-refractivity contribution in [1.82, 2.24) is 20.3 Å². The molecule has 0 atom stereocenters. The molecule has 0 saturated carbocycles. The van der Waals surface area contributed by atoms with Crippen LogP contribution in [0.25, 0.3) is 22.3 Å². The highest BCUT2D eigenvalue weighted by Crippen LogP contribution is 2.26. The smallest absolute Gasteiger partial charge is 0.263 e. The van der Waals surface area contributed by atoms with Crippen LogP contribution < -0.4 is 15.4 Å². The monoisotopic (exact) mass is 479 g/mol. The van der Waals surface area contributed by atoms with Gasteiger partial charge in [-0.3, -0.25) is 4.79 Å². The van der Waals surface area contributed by atoms with Gasteiger partial charge in [-0.1, -0.05) is 12.1 Å². The summed E-state index contributed by atoms with van der Waals surface area (Å²) >= 11 is 1.45. The molecule has 9 nitrogen and oxygen atoms in total. The van der Waals surface area contributed by atoms with Gasteiger partial charge in [0.05, 0.1) is 6.61 Å². The van der Waals surface area contributed by atoms with Crippen LogP contribution in [0.1, 0.15) is 11.3 Å². The fraction of sp³-hybridized carbons (Fsp3) is 0.250. The number of nitrogens with one attached hydrogen (secondary N) is 2. The van der Waals surface area contributed by atoms with Crippen molar-refractivity contribution in [3.8, 4) is 28.0 Å². The van der Waals surface area contributed by atoms with E-state index in [0.29, 0.717) is 42.0 Å². The predicted molar refractivity (Wildman–Crippen MR) is 130 cm³/mol. The predicted octanol–water partition coefficient (Wildman–Crippen LogP) is 3.92. The molecule has 0 aliphatic heterocycles. The van der Waals surface area contributed by atoms with Crippen molar-refractivity contribution < 1.29 is 18.7 Å². The van der Waals surface area contributed by atoms with Crippen molar-refractivity contribution >= 4 is 23.1 Å². The van der Waals surface area contributed by atoms with Crippen molar-refractivity contribution in [2.75, 3.05) is 32.2 Å². The quantitative estimate of drug-likeness (QED) is 0.311. The summed E-state index contributed by atoms with van der Waals surface area (Å²) in [5.41, 5.74) is 1.65. The van der Waals surface area contributed by atoms with E-state index in [1.807, 2.05) is 42.6 Å². The third-order valence-electron chi connectivity index (χ3n) is 4.69. The molecule has 34 heavy (non-hydrogen) atoms. The Balaban J connectivity index is 1.42. The fourth-order valence-corrected chi connectivity index (χ4v) is 3.71. The summed E-state index contributed by atoms with van der Waals surface area (Å²) in [6.07, 6.45) is 1.70. The molecule has 4 rings (SSSR count). The number of amides is 1. The molecule has 0 radical (unpaired) electrons. The number of carbonyl (C=O) groups is 1. The van der Waals surface area contributed by atoms with Crippen LogP contribution in [0, 0.1) is 6.92 Å². The van der Waals surface area contributed by atoms with E-state index >= 15 is 0 Å². The summed E-state index contributed by atoms with van der Waals surface area (Å²) in [5, 5.41) is 8.65. The van der Waals surface area contributed by atoms with Gasteiger partial charge in [0.1, 0.15) is 28.0 Å². The zero-order chi connectivity index (χ0) is 23.8. The lowest BCUT2D eigenvalue weighted by molar-refractivity contribution is -0.118. The van der Waals surface area contributed by atoms with Gasteiger partial charge in [0.2, 0.25) is 0 Å². The van der Waals surface area contributed by atoms with Crippen molar-refractivity contribution in [2.45, 2.75) is 13.5 Å². The maximum Gasteiger partial charge on any atom is 0.263 e. The highest BCUT2D eigenvalue weighted by Gasteiger charge is 2.15. The van der Waals surface area contributed by atoms with E-state index in [0.717, 1.165) is 22.9 Å². The molecule has 0 fully saturated rings. The maximum atomic E-state index is 12.6. The molecule has 1 amide bonds. The third-order valence-corrected chi connectivity index (χ3v) is 5.48. The van der Waals surface area contributed by atoms with Crippen LogP contribution in [0.3, 0.4) is 0 Å². The lowest BCUT2D eigenvalue weighted by Gasteiger charge is -2.10. The zero-order valence-corrected chi connectivity index (χ0v) is 19.7. The molecule has 0 aliphatic rings. The molecule has 3 aromatic heterocycles. The molecule has 2 N–H and O–H groups in total. The van der Waals surface area contributed by atoms with E-state index in [-0.39, 0.29) is 12.5 Å². The van der Waals surface area contributed by atoms with Gasteiger partial charge in [-0.25, -0.2) is 15.0 Å². The summed E-state index contributed by atoms with van der Waals surface area (Å²) < 4.78 is 16.4. The average Bonchev–Trinajstić information content (AvgIpc) is 3.53. The molecule has 0 aliphatic carbocycles. The van der Waals surface area contributed by atoms with Gasteiger partial charge in [-0.05, 0) is 36.8 Å². The number of aromatic nitrogens is 3. The Bertz CT molecular complexity index is 1230. The summed E-state index contributed by atoms with van der Waals surface area (Å²) in [6.45, 7) is 3.77. The number of hydrogen-bond donors (Lipinski definition) is 2. The normalized spacial score (nSPS) is 10.9. The van der Waals surface area contributed by atoms with Crippen molar-refractivity contribution in [1.29, 1.82) is 0 Å². The van der Waals surface area contributed by atoms with Crippen LogP contribution >= 0.6 is 11.3 Å². The molecule has 0 spiro atoms.